The predicted octanol–water partition coefficient (Wildman–Crippen LogP) is 4.27. The van der Waals surface area contributed by atoms with Crippen LogP contribution in [0.15, 0.2) is 24.3 Å². The Morgan fingerprint density at radius 3 is 2.23 bits per heavy atom. The van der Waals surface area contributed by atoms with Crippen LogP contribution in [-0.2, 0) is 15.9 Å². The van der Waals surface area contributed by atoms with Crippen LogP contribution in [0.1, 0.15) is 67.6 Å². The number of aryl methyl sites for hydroxylation is 3. The van der Waals surface area contributed by atoms with Crippen molar-refractivity contribution in [2.45, 2.75) is 41.0 Å². The minimum atomic E-state index is -0.596. The Labute approximate surface area is 180 Å². The van der Waals surface area contributed by atoms with Crippen molar-refractivity contribution in [3.05, 3.63) is 63.6 Å². The Bertz CT molecular complexity index is 1180. The number of aromatic amines is 1. The molecule has 0 aliphatic carbocycles. The first-order chi connectivity index (χ1) is 14.8. The maximum absolute atomic E-state index is 13.0. The largest absolute Gasteiger partial charge is 0.462 e. The van der Waals surface area contributed by atoms with Gasteiger partial charge in [-0.05, 0) is 45.7 Å². The second-order valence-electron chi connectivity index (χ2n) is 7.27. The number of esters is 2. The quantitative estimate of drug-likeness (QED) is 0.451. The van der Waals surface area contributed by atoms with E-state index in [2.05, 4.69) is 9.97 Å². The zero-order valence-corrected chi connectivity index (χ0v) is 18.4. The number of carbonyl (C=O) groups excluding carboxylic acids is 3. The van der Waals surface area contributed by atoms with Crippen molar-refractivity contribution in [1.29, 1.82) is 0 Å². The minimum absolute atomic E-state index is 0.180. The van der Waals surface area contributed by atoms with Gasteiger partial charge in [-0.15, -0.1) is 0 Å². The second-order valence-corrected chi connectivity index (χ2v) is 7.27. The lowest BCUT2D eigenvalue weighted by Gasteiger charge is -2.13. The molecule has 0 aliphatic heterocycles. The number of hydrogen-bond acceptors (Lipinski definition) is 6. The molecule has 7 heteroatoms. The van der Waals surface area contributed by atoms with E-state index in [-0.39, 0.29) is 17.7 Å². The highest BCUT2D eigenvalue weighted by Crippen LogP contribution is 2.25. The molecular weight excluding hydrogens is 396 g/mol. The monoisotopic (exact) mass is 422 g/mol. The van der Waals surface area contributed by atoms with Crippen LogP contribution >= 0.6 is 0 Å². The average molecular weight is 422 g/mol. The number of nitrogens with zero attached hydrogens (tertiary/aromatic N) is 1. The highest BCUT2D eigenvalue weighted by atomic mass is 16.5. The van der Waals surface area contributed by atoms with Gasteiger partial charge in [-0.25, -0.2) is 9.59 Å². The van der Waals surface area contributed by atoms with Gasteiger partial charge < -0.3 is 14.5 Å². The van der Waals surface area contributed by atoms with Crippen LogP contribution in [0, 0.1) is 20.8 Å². The third-order valence-corrected chi connectivity index (χ3v) is 5.24. The topological polar surface area (TPSA) is 98.4 Å². The number of pyridine rings is 1. The number of rotatable bonds is 7. The van der Waals surface area contributed by atoms with E-state index in [0.29, 0.717) is 34.3 Å². The molecule has 0 fully saturated rings. The van der Waals surface area contributed by atoms with Crippen molar-refractivity contribution in [1.82, 2.24) is 9.97 Å². The van der Waals surface area contributed by atoms with Crippen molar-refractivity contribution in [2.24, 2.45) is 0 Å². The summed E-state index contributed by atoms with van der Waals surface area (Å²) < 4.78 is 10.5. The molecule has 0 bridgehead atoms. The summed E-state index contributed by atoms with van der Waals surface area (Å²) in [6.07, 6.45) is 0.667. The Hall–Kier alpha value is -3.48. The molecule has 0 aliphatic rings. The zero-order valence-electron chi connectivity index (χ0n) is 18.4. The van der Waals surface area contributed by atoms with Crippen LogP contribution < -0.4 is 0 Å². The molecule has 0 saturated carbocycles. The highest BCUT2D eigenvalue weighted by molar-refractivity contribution is 6.10. The van der Waals surface area contributed by atoms with Crippen molar-refractivity contribution < 1.29 is 23.9 Å². The minimum Gasteiger partial charge on any atom is -0.462 e. The number of ketones is 1. The van der Waals surface area contributed by atoms with Crippen LogP contribution in [0.25, 0.3) is 10.9 Å². The maximum atomic E-state index is 13.0. The van der Waals surface area contributed by atoms with Crippen molar-refractivity contribution in [2.75, 3.05) is 13.2 Å². The van der Waals surface area contributed by atoms with E-state index in [0.717, 1.165) is 11.3 Å². The molecule has 2 aromatic heterocycles. The Morgan fingerprint density at radius 2 is 1.55 bits per heavy atom. The van der Waals surface area contributed by atoms with E-state index >= 15 is 0 Å². The molecular formula is C24H26N2O5. The van der Waals surface area contributed by atoms with Gasteiger partial charge in [0.15, 0.2) is 6.61 Å². The number of aromatic nitrogens is 2. The molecule has 2 heterocycles. The first kappa shape index (κ1) is 22.2. The highest BCUT2D eigenvalue weighted by Gasteiger charge is 2.27. The van der Waals surface area contributed by atoms with Crippen LogP contribution in [0.3, 0.4) is 0 Å². The molecule has 7 nitrogen and oxygen atoms in total. The molecule has 3 rings (SSSR count). The van der Waals surface area contributed by atoms with Gasteiger partial charge in [0.2, 0.25) is 5.78 Å². The first-order valence-electron chi connectivity index (χ1n) is 10.2. The smallest absolute Gasteiger partial charge is 0.340 e. The van der Waals surface area contributed by atoms with Crippen LogP contribution in [0.5, 0.6) is 0 Å². The van der Waals surface area contributed by atoms with Crippen LogP contribution in [-0.4, -0.2) is 40.9 Å². The van der Waals surface area contributed by atoms with Gasteiger partial charge in [-0.1, -0.05) is 25.1 Å². The molecule has 0 unspecified atom stereocenters. The van der Waals surface area contributed by atoms with Gasteiger partial charge in [0, 0.05) is 22.5 Å². The van der Waals surface area contributed by atoms with Crippen molar-refractivity contribution >= 4 is 28.6 Å². The van der Waals surface area contributed by atoms with E-state index in [1.807, 2.05) is 38.1 Å². The number of H-pyrrole nitrogens is 1. The fourth-order valence-corrected chi connectivity index (χ4v) is 3.83. The fraction of sp³-hybridized carbons (Fsp3) is 0.333. The molecule has 0 radical (unpaired) electrons. The molecule has 162 valence electrons. The van der Waals surface area contributed by atoms with E-state index < -0.39 is 24.3 Å². The predicted molar refractivity (Wildman–Crippen MR) is 117 cm³/mol. The van der Waals surface area contributed by atoms with Crippen molar-refractivity contribution in [3.63, 3.8) is 0 Å². The third-order valence-electron chi connectivity index (χ3n) is 5.24. The average Bonchev–Trinajstić information content (AvgIpc) is 3.05. The summed E-state index contributed by atoms with van der Waals surface area (Å²) in [5.74, 6) is -1.64. The first-order valence-corrected chi connectivity index (χ1v) is 10.2. The SMILES string of the molecule is CCOC(=O)c1c(C)[nH]c(C)c1C(=O)COC(=O)c1c(C)c(CC)nc2ccccc12. The Balaban J connectivity index is 1.90. The number of Topliss-reactive ketones (excluding diaryl/α,β-unsaturated/α-hetero) is 1. The normalized spacial score (nSPS) is 10.9. The number of para-hydroxylation sites is 1. The summed E-state index contributed by atoms with van der Waals surface area (Å²) in [6, 6.07) is 7.34. The van der Waals surface area contributed by atoms with Gasteiger partial charge in [-0.2, -0.15) is 0 Å². The fourth-order valence-electron chi connectivity index (χ4n) is 3.83. The molecule has 1 N–H and O–H groups in total. The molecule has 0 spiro atoms. The van der Waals surface area contributed by atoms with Crippen LogP contribution in [0.4, 0.5) is 0 Å². The lowest BCUT2D eigenvalue weighted by molar-refractivity contribution is 0.0473. The van der Waals surface area contributed by atoms with Gasteiger partial charge >= 0.3 is 11.9 Å². The summed E-state index contributed by atoms with van der Waals surface area (Å²) >= 11 is 0. The standard InChI is InChI=1S/C24H26N2O5/c1-6-17-13(3)20(16-10-8-9-11-18(16)26-17)23(28)31-12-19(27)21-14(4)25-15(5)22(21)24(29)30-7-2/h8-11,25H,6-7,12H2,1-5H3. The lowest BCUT2D eigenvalue weighted by Crippen LogP contribution is -2.19. The molecule has 3 aromatic rings. The van der Waals surface area contributed by atoms with E-state index in [9.17, 15) is 14.4 Å². The van der Waals surface area contributed by atoms with E-state index in [1.165, 1.54) is 0 Å². The summed E-state index contributed by atoms with van der Waals surface area (Å²) in [5, 5.41) is 0.676. The zero-order chi connectivity index (χ0) is 22.7. The molecule has 31 heavy (non-hydrogen) atoms. The number of nitrogens with one attached hydrogen (secondary N) is 1. The lowest BCUT2D eigenvalue weighted by atomic mass is 10.0. The summed E-state index contributed by atoms with van der Waals surface area (Å²) in [5.41, 5.74) is 4.08. The maximum Gasteiger partial charge on any atom is 0.340 e. The van der Waals surface area contributed by atoms with E-state index in [1.54, 1.807) is 20.8 Å². The summed E-state index contributed by atoms with van der Waals surface area (Å²) in [4.78, 5) is 45.8. The number of hydrogen-bond donors (Lipinski definition) is 1. The molecule has 0 saturated heterocycles. The third kappa shape index (κ3) is 4.21. The van der Waals surface area contributed by atoms with Gasteiger partial charge in [0.05, 0.1) is 28.8 Å². The van der Waals surface area contributed by atoms with Gasteiger partial charge in [-0.3, -0.25) is 9.78 Å². The molecule has 1 aromatic carbocycles. The van der Waals surface area contributed by atoms with Gasteiger partial charge in [0.25, 0.3) is 0 Å². The summed E-state index contributed by atoms with van der Waals surface area (Å²) in [6.45, 7) is 8.59. The molecule has 0 atom stereocenters. The van der Waals surface area contributed by atoms with Gasteiger partial charge in [0.1, 0.15) is 0 Å². The number of fused-ring (bicyclic) bond motifs is 1. The summed E-state index contributed by atoms with van der Waals surface area (Å²) in [7, 11) is 0. The second kappa shape index (κ2) is 9.12. The molecule has 0 amide bonds. The van der Waals surface area contributed by atoms with Crippen molar-refractivity contribution in [3.8, 4) is 0 Å². The van der Waals surface area contributed by atoms with Crippen LogP contribution in [0.2, 0.25) is 0 Å². The number of benzene rings is 1. The Kier molecular flexibility index (Phi) is 6.53. The number of carbonyl (C=O) groups is 3. The Morgan fingerprint density at radius 1 is 0.903 bits per heavy atom. The number of ether oxygens (including phenoxy) is 2. The van der Waals surface area contributed by atoms with E-state index in [4.69, 9.17) is 9.47 Å².